The van der Waals surface area contributed by atoms with Gasteiger partial charge in [0.05, 0.1) is 11.5 Å². The molecule has 0 bridgehead atoms. The van der Waals surface area contributed by atoms with Gasteiger partial charge in [0.15, 0.2) is 0 Å². The Kier molecular flexibility index (Phi) is 6.32. The minimum atomic E-state index is -3.66. The Morgan fingerprint density at radius 3 is 2.24 bits per heavy atom. The van der Waals surface area contributed by atoms with Gasteiger partial charge in [0.25, 0.3) is 0 Å². The molecule has 1 rings (SSSR count). The quantitative estimate of drug-likeness (QED) is 0.687. The van der Waals surface area contributed by atoms with Crippen molar-refractivity contribution in [2.24, 2.45) is 5.92 Å². The molecule has 0 aliphatic carbocycles. The molecule has 6 nitrogen and oxygen atoms in total. The Bertz CT molecular complexity index is 567. The second-order valence-electron chi connectivity index (χ2n) is 5.21. The summed E-state index contributed by atoms with van der Waals surface area (Å²) in [4.78, 5) is 11.0. The molecular weight excluding hydrogens is 292 g/mol. The van der Waals surface area contributed by atoms with E-state index in [9.17, 15) is 18.3 Å². The average Bonchev–Trinajstić information content (AvgIpc) is 2.42. The van der Waals surface area contributed by atoms with E-state index in [2.05, 4.69) is 10.0 Å². The molecule has 118 valence electrons. The fraction of sp³-hybridized carbons (Fsp3) is 0.500. The zero-order chi connectivity index (χ0) is 16.0. The third kappa shape index (κ3) is 5.45. The van der Waals surface area contributed by atoms with E-state index in [1.807, 2.05) is 13.8 Å². The maximum absolute atomic E-state index is 12.2. The van der Waals surface area contributed by atoms with E-state index < -0.39 is 16.1 Å². The van der Waals surface area contributed by atoms with Crippen LogP contribution in [0, 0.1) is 5.92 Å². The fourth-order valence-corrected chi connectivity index (χ4v) is 3.04. The summed E-state index contributed by atoms with van der Waals surface area (Å²) in [7, 11) is -3.66. The van der Waals surface area contributed by atoms with Crippen molar-refractivity contribution in [1.82, 2.24) is 10.0 Å². The highest BCUT2D eigenvalue weighted by atomic mass is 32.2. The SMILES string of the molecule is CC(=O)NCc1ccc(S(=O)(=O)N[C@H](CO)C(C)C)cc1. The third-order valence-electron chi connectivity index (χ3n) is 3.08. The minimum absolute atomic E-state index is 0.0104. The zero-order valence-corrected chi connectivity index (χ0v) is 13.3. The topological polar surface area (TPSA) is 95.5 Å². The zero-order valence-electron chi connectivity index (χ0n) is 12.5. The van der Waals surface area contributed by atoms with Gasteiger partial charge in [0.2, 0.25) is 15.9 Å². The molecule has 0 aromatic heterocycles. The van der Waals surface area contributed by atoms with Gasteiger partial charge in [-0.2, -0.15) is 0 Å². The van der Waals surface area contributed by atoms with Crippen molar-refractivity contribution in [2.75, 3.05) is 6.61 Å². The summed E-state index contributed by atoms with van der Waals surface area (Å²) in [5, 5.41) is 11.8. The summed E-state index contributed by atoms with van der Waals surface area (Å²) in [5.74, 6) is -0.153. The van der Waals surface area contributed by atoms with Crippen molar-refractivity contribution in [1.29, 1.82) is 0 Å². The standard InChI is InChI=1S/C14H22N2O4S/c1-10(2)14(9-17)16-21(19,20)13-6-4-12(5-7-13)8-15-11(3)18/h4-7,10,14,16-17H,8-9H2,1-3H3,(H,15,18)/t14-/m1/s1. The molecular formula is C14H22N2O4S. The van der Waals surface area contributed by atoms with Crippen LogP contribution >= 0.6 is 0 Å². The van der Waals surface area contributed by atoms with Gasteiger partial charge in [-0.1, -0.05) is 26.0 Å². The molecule has 0 saturated heterocycles. The van der Waals surface area contributed by atoms with Crippen LogP contribution in [0.2, 0.25) is 0 Å². The van der Waals surface area contributed by atoms with Crippen LogP contribution < -0.4 is 10.0 Å². The number of hydrogen-bond acceptors (Lipinski definition) is 4. The van der Waals surface area contributed by atoms with E-state index in [1.165, 1.54) is 19.1 Å². The van der Waals surface area contributed by atoms with Crippen molar-refractivity contribution >= 4 is 15.9 Å². The van der Waals surface area contributed by atoms with E-state index in [0.29, 0.717) is 6.54 Å². The number of sulfonamides is 1. The molecule has 0 radical (unpaired) electrons. The number of carbonyl (C=O) groups is 1. The smallest absolute Gasteiger partial charge is 0.240 e. The van der Waals surface area contributed by atoms with Gasteiger partial charge in [0, 0.05) is 19.5 Å². The van der Waals surface area contributed by atoms with Gasteiger partial charge in [-0.15, -0.1) is 0 Å². The van der Waals surface area contributed by atoms with Crippen molar-refractivity contribution in [3.63, 3.8) is 0 Å². The molecule has 1 aromatic rings. The fourth-order valence-electron chi connectivity index (χ4n) is 1.66. The number of hydrogen-bond donors (Lipinski definition) is 3. The van der Waals surface area contributed by atoms with Crippen LogP contribution in [-0.2, 0) is 21.4 Å². The number of aliphatic hydroxyl groups excluding tert-OH is 1. The van der Waals surface area contributed by atoms with Gasteiger partial charge in [-0.05, 0) is 23.6 Å². The molecule has 0 spiro atoms. The second-order valence-corrected chi connectivity index (χ2v) is 6.92. The lowest BCUT2D eigenvalue weighted by Crippen LogP contribution is -2.41. The van der Waals surface area contributed by atoms with Crippen LogP contribution in [0.4, 0.5) is 0 Å². The van der Waals surface area contributed by atoms with Crippen molar-refractivity contribution in [2.45, 2.75) is 38.3 Å². The number of aliphatic hydroxyl groups is 1. The highest BCUT2D eigenvalue weighted by Gasteiger charge is 2.21. The van der Waals surface area contributed by atoms with Crippen LogP contribution in [0.1, 0.15) is 26.3 Å². The summed E-state index contributed by atoms with van der Waals surface area (Å²) in [6.07, 6.45) is 0. The Morgan fingerprint density at radius 1 is 1.24 bits per heavy atom. The maximum atomic E-state index is 12.2. The molecule has 0 saturated carbocycles. The van der Waals surface area contributed by atoms with Gasteiger partial charge in [-0.3, -0.25) is 4.79 Å². The Labute approximate surface area is 125 Å². The molecule has 21 heavy (non-hydrogen) atoms. The molecule has 0 aliphatic heterocycles. The summed E-state index contributed by atoms with van der Waals surface area (Å²) in [6, 6.07) is 5.73. The number of amides is 1. The predicted octanol–water partition coefficient (Wildman–Crippen LogP) is 0.618. The Morgan fingerprint density at radius 2 is 1.81 bits per heavy atom. The van der Waals surface area contributed by atoms with Gasteiger partial charge >= 0.3 is 0 Å². The van der Waals surface area contributed by atoms with Crippen molar-refractivity contribution < 1.29 is 18.3 Å². The molecule has 1 amide bonds. The van der Waals surface area contributed by atoms with Crippen LogP contribution in [0.3, 0.4) is 0 Å². The van der Waals surface area contributed by atoms with Gasteiger partial charge in [-0.25, -0.2) is 13.1 Å². The normalized spacial score (nSPS) is 13.2. The number of rotatable bonds is 7. The lowest BCUT2D eigenvalue weighted by molar-refractivity contribution is -0.119. The summed E-state index contributed by atoms with van der Waals surface area (Å²) < 4.78 is 26.9. The molecule has 3 N–H and O–H groups in total. The van der Waals surface area contributed by atoms with E-state index in [0.717, 1.165) is 5.56 Å². The first-order valence-electron chi connectivity index (χ1n) is 6.73. The lowest BCUT2D eigenvalue weighted by Gasteiger charge is -2.19. The summed E-state index contributed by atoms with van der Waals surface area (Å²) >= 11 is 0. The van der Waals surface area contributed by atoms with E-state index in [1.54, 1.807) is 12.1 Å². The maximum Gasteiger partial charge on any atom is 0.240 e. The van der Waals surface area contributed by atoms with Crippen LogP contribution in [0.5, 0.6) is 0 Å². The highest BCUT2D eigenvalue weighted by Crippen LogP contribution is 2.13. The average molecular weight is 314 g/mol. The Hall–Kier alpha value is -1.44. The lowest BCUT2D eigenvalue weighted by atomic mass is 10.1. The molecule has 7 heteroatoms. The Balaban J connectivity index is 2.82. The van der Waals surface area contributed by atoms with Crippen LogP contribution in [-0.4, -0.2) is 32.1 Å². The number of carbonyl (C=O) groups excluding carboxylic acids is 1. The molecule has 1 atom stereocenters. The van der Waals surface area contributed by atoms with Gasteiger partial charge in [0.1, 0.15) is 0 Å². The number of nitrogens with one attached hydrogen (secondary N) is 2. The molecule has 0 fully saturated rings. The van der Waals surface area contributed by atoms with Crippen LogP contribution in [0.25, 0.3) is 0 Å². The van der Waals surface area contributed by atoms with Crippen molar-refractivity contribution in [3.05, 3.63) is 29.8 Å². The molecule has 0 unspecified atom stereocenters. The molecule has 0 heterocycles. The summed E-state index contributed by atoms with van der Waals surface area (Å²) in [5.41, 5.74) is 0.812. The van der Waals surface area contributed by atoms with Gasteiger partial charge < -0.3 is 10.4 Å². The minimum Gasteiger partial charge on any atom is -0.395 e. The van der Waals surface area contributed by atoms with E-state index in [4.69, 9.17) is 0 Å². The molecule has 1 aromatic carbocycles. The first kappa shape index (κ1) is 17.6. The first-order chi connectivity index (χ1) is 9.76. The number of benzene rings is 1. The van der Waals surface area contributed by atoms with E-state index >= 15 is 0 Å². The highest BCUT2D eigenvalue weighted by molar-refractivity contribution is 7.89. The predicted molar refractivity (Wildman–Crippen MR) is 80.0 cm³/mol. The van der Waals surface area contributed by atoms with Crippen molar-refractivity contribution in [3.8, 4) is 0 Å². The molecule has 0 aliphatic rings. The third-order valence-corrected chi connectivity index (χ3v) is 4.59. The van der Waals surface area contributed by atoms with Crippen LogP contribution in [0.15, 0.2) is 29.2 Å². The second kappa shape index (κ2) is 7.53. The first-order valence-corrected chi connectivity index (χ1v) is 8.21. The summed E-state index contributed by atoms with van der Waals surface area (Å²) in [6.45, 7) is 5.19. The monoisotopic (exact) mass is 314 g/mol. The largest absolute Gasteiger partial charge is 0.395 e. The van der Waals surface area contributed by atoms with E-state index in [-0.39, 0.29) is 23.3 Å².